The molecule has 0 aliphatic heterocycles. The van der Waals surface area contributed by atoms with E-state index in [9.17, 15) is 4.79 Å². The molecule has 0 bridgehead atoms. The van der Waals surface area contributed by atoms with E-state index in [0.29, 0.717) is 12.2 Å². The minimum absolute atomic E-state index is 0.0551. The van der Waals surface area contributed by atoms with Crippen molar-refractivity contribution in [1.82, 2.24) is 4.98 Å². The van der Waals surface area contributed by atoms with Crippen molar-refractivity contribution >= 4 is 33.3 Å². The fourth-order valence-corrected chi connectivity index (χ4v) is 2.07. The summed E-state index contributed by atoms with van der Waals surface area (Å²) in [4.78, 5) is 17.7. The van der Waals surface area contributed by atoms with Crippen molar-refractivity contribution in [3.8, 4) is 0 Å². The summed E-state index contributed by atoms with van der Waals surface area (Å²) in [6.45, 7) is 0. The number of amides is 1. The lowest BCUT2D eigenvalue weighted by molar-refractivity contribution is -0.118. The third-order valence-corrected chi connectivity index (χ3v) is 3.60. The number of anilines is 2. The summed E-state index contributed by atoms with van der Waals surface area (Å²) in [6, 6.07) is 11.5. The van der Waals surface area contributed by atoms with Crippen molar-refractivity contribution in [3.05, 3.63) is 52.6 Å². The van der Waals surface area contributed by atoms with E-state index in [-0.39, 0.29) is 5.91 Å². The molecule has 2 rings (SSSR count). The number of nitrogens with zero attached hydrogens (tertiary/aromatic N) is 2. The SMILES string of the molecule is CN(C(=O)CCc1ccc(Br)cc1)c1ccc(N)nc1. The van der Waals surface area contributed by atoms with Crippen molar-refractivity contribution < 1.29 is 4.79 Å². The summed E-state index contributed by atoms with van der Waals surface area (Å²) in [7, 11) is 1.75. The van der Waals surface area contributed by atoms with Gasteiger partial charge in [-0.05, 0) is 36.2 Å². The summed E-state index contributed by atoms with van der Waals surface area (Å²) in [5.74, 6) is 0.504. The van der Waals surface area contributed by atoms with Gasteiger partial charge >= 0.3 is 0 Å². The molecule has 104 valence electrons. The molecule has 2 aromatic rings. The van der Waals surface area contributed by atoms with Gasteiger partial charge in [-0.2, -0.15) is 0 Å². The third kappa shape index (κ3) is 3.81. The highest BCUT2D eigenvalue weighted by atomic mass is 79.9. The third-order valence-electron chi connectivity index (χ3n) is 3.07. The standard InChI is InChI=1S/C15H16BrN3O/c1-19(13-7-8-14(17)18-10-13)15(20)9-4-11-2-5-12(16)6-3-11/h2-3,5-8,10H,4,9H2,1H3,(H2,17,18). The van der Waals surface area contributed by atoms with E-state index in [1.807, 2.05) is 24.3 Å². The average Bonchev–Trinajstić information content (AvgIpc) is 2.46. The number of hydrogen-bond acceptors (Lipinski definition) is 3. The lowest BCUT2D eigenvalue weighted by Gasteiger charge is -2.17. The normalized spacial score (nSPS) is 10.3. The van der Waals surface area contributed by atoms with Crippen LogP contribution in [0, 0.1) is 0 Å². The molecule has 0 aliphatic rings. The van der Waals surface area contributed by atoms with Gasteiger partial charge in [-0.25, -0.2) is 4.98 Å². The number of aryl methyl sites for hydroxylation is 1. The lowest BCUT2D eigenvalue weighted by atomic mass is 10.1. The molecule has 0 aliphatic carbocycles. The van der Waals surface area contributed by atoms with Gasteiger partial charge in [-0.1, -0.05) is 28.1 Å². The Morgan fingerprint density at radius 3 is 2.55 bits per heavy atom. The van der Waals surface area contributed by atoms with Crippen LogP contribution in [-0.2, 0) is 11.2 Å². The summed E-state index contributed by atoms with van der Waals surface area (Å²) in [5, 5.41) is 0. The van der Waals surface area contributed by atoms with Gasteiger partial charge in [-0.15, -0.1) is 0 Å². The zero-order valence-electron chi connectivity index (χ0n) is 11.2. The first kappa shape index (κ1) is 14.5. The van der Waals surface area contributed by atoms with Crippen LogP contribution in [0.15, 0.2) is 47.1 Å². The van der Waals surface area contributed by atoms with Gasteiger partial charge in [-0.3, -0.25) is 4.79 Å². The van der Waals surface area contributed by atoms with Crippen LogP contribution in [0.25, 0.3) is 0 Å². The Hall–Kier alpha value is -1.88. The molecule has 0 saturated heterocycles. The first-order valence-corrected chi connectivity index (χ1v) is 7.08. The van der Waals surface area contributed by atoms with Crippen molar-refractivity contribution in [2.24, 2.45) is 0 Å². The van der Waals surface area contributed by atoms with Gasteiger partial charge in [0.2, 0.25) is 5.91 Å². The van der Waals surface area contributed by atoms with Gasteiger partial charge < -0.3 is 10.6 Å². The van der Waals surface area contributed by atoms with E-state index >= 15 is 0 Å². The number of halogens is 1. The van der Waals surface area contributed by atoms with Crippen molar-refractivity contribution in [3.63, 3.8) is 0 Å². The second-order valence-corrected chi connectivity index (χ2v) is 5.44. The van der Waals surface area contributed by atoms with Crippen LogP contribution >= 0.6 is 15.9 Å². The van der Waals surface area contributed by atoms with Crippen LogP contribution in [0.3, 0.4) is 0 Å². The van der Waals surface area contributed by atoms with Gasteiger partial charge in [0.25, 0.3) is 0 Å². The monoisotopic (exact) mass is 333 g/mol. The second-order valence-electron chi connectivity index (χ2n) is 4.52. The predicted molar refractivity (Wildman–Crippen MR) is 84.5 cm³/mol. The minimum atomic E-state index is 0.0551. The smallest absolute Gasteiger partial charge is 0.227 e. The molecule has 1 aromatic heterocycles. The van der Waals surface area contributed by atoms with Crippen molar-refractivity contribution in [2.75, 3.05) is 17.7 Å². The Morgan fingerprint density at radius 2 is 1.95 bits per heavy atom. The molecule has 1 aromatic carbocycles. The maximum atomic E-state index is 12.1. The highest BCUT2D eigenvalue weighted by Gasteiger charge is 2.11. The van der Waals surface area contributed by atoms with Gasteiger partial charge in [0.1, 0.15) is 5.82 Å². The molecule has 20 heavy (non-hydrogen) atoms. The first-order chi connectivity index (χ1) is 9.56. The molecular formula is C15H16BrN3O. The van der Waals surface area contributed by atoms with Crippen LogP contribution in [0.5, 0.6) is 0 Å². The highest BCUT2D eigenvalue weighted by Crippen LogP contribution is 2.15. The Labute approximate surface area is 126 Å². The van der Waals surface area contributed by atoms with Crippen LogP contribution < -0.4 is 10.6 Å². The Balaban J connectivity index is 1.94. The summed E-state index contributed by atoms with van der Waals surface area (Å²) in [6.07, 6.45) is 2.79. The van der Waals surface area contributed by atoms with E-state index in [4.69, 9.17) is 5.73 Å². The molecule has 1 heterocycles. The van der Waals surface area contributed by atoms with Crippen LogP contribution in [0.4, 0.5) is 11.5 Å². The van der Waals surface area contributed by atoms with Crippen LogP contribution in [0.2, 0.25) is 0 Å². The molecule has 4 nitrogen and oxygen atoms in total. The largest absolute Gasteiger partial charge is 0.384 e. The molecule has 1 amide bonds. The summed E-state index contributed by atoms with van der Waals surface area (Å²) < 4.78 is 1.04. The van der Waals surface area contributed by atoms with E-state index in [0.717, 1.165) is 22.1 Å². The molecule has 0 unspecified atom stereocenters. The fraction of sp³-hybridized carbons (Fsp3) is 0.200. The van der Waals surface area contributed by atoms with E-state index in [1.54, 1.807) is 30.3 Å². The maximum absolute atomic E-state index is 12.1. The van der Waals surface area contributed by atoms with Gasteiger partial charge in [0.05, 0.1) is 11.9 Å². The van der Waals surface area contributed by atoms with Gasteiger partial charge in [0.15, 0.2) is 0 Å². The zero-order chi connectivity index (χ0) is 14.5. The summed E-state index contributed by atoms with van der Waals surface area (Å²) >= 11 is 3.39. The van der Waals surface area contributed by atoms with Gasteiger partial charge in [0, 0.05) is 17.9 Å². The van der Waals surface area contributed by atoms with Crippen molar-refractivity contribution in [1.29, 1.82) is 0 Å². The minimum Gasteiger partial charge on any atom is -0.384 e. The molecule has 0 spiro atoms. The molecular weight excluding hydrogens is 318 g/mol. The lowest BCUT2D eigenvalue weighted by Crippen LogP contribution is -2.26. The highest BCUT2D eigenvalue weighted by molar-refractivity contribution is 9.10. The molecule has 0 radical (unpaired) electrons. The molecule has 0 fully saturated rings. The second kappa shape index (κ2) is 6.52. The number of aromatic nitrogens is 1. The number of carbonyl (C=O) groups is 1. The average molecular weight is 334 g/mol. The Kier molecular flexibility index (Phi) is 4.74. The number of benzene rings is 1. The number of pyridine rings is 1. The molecule has 2 N–H and O–H groups in total. The fourth-order valence-electron chi connectivity index (χ4n) is 1.81. The van der Waals surface area contributed by atoms with Crippen molar-refractivity contribution in [2.45, 2.75) is 12.8 Å². The van der Waals surface area contributed by atoms with E-state index in [2.05, 4.69) is 20.9 Å². The topological polar surface area (TPSA) is 59.2 Å². The Bertz CT molecular complexity index is 581. The summed E-state index contributed by atoms with van der Waals surface area (Å²) in [5.41, 5.74) is 7.43. The number of carbonyl (C=O) groups excluding carboxylic acids is 1. The quantitative estimate of drug-likeness (QED) is 0.935. The zero-order valence-corrected chi connectivity index (χ0v) is 12.8. The number of rotatable bonds is 4. The maximum Gasteiger partial charge on any atom is 0.227 e. The number of nitrogens with two attached hydrogens (primary N) is 1. The van der Waals surface area contributed by atoms with Crippen LogP contribution in [-0.4, -0.2) is 17.9 Å². The number of hydrogen-bond donors (Lipinski definition) is 1. The first-order valence-electron chi connectivity index (χ1n) is 6.29. The molecule has 0 atom stereocenters. The Morgan fingerprint density at radius 1 is 1.25 bits per heavy atom. The van der Waals surface area contributed by atoms with E-state index < -0.39 is 0 Å². The molecule has 0 saturated carbocycles. The van der Waals surface area contributed by atoms with Crippen LogP contribution in [0.1, 0.15) is 12.0 Å². The van der Waals surface area contributed by atoms with E-state index in [1.165, 1.54) is 0 Å². The predicted octanol–water partition coefficient (Wildman–Crippen LogP) is 3.02. The molecule has 5 heteroatoms. The number of nitrogen functional groups attached to an aromatic ring is 1.